The van der Waals surface area contributed by atoms with Crippen LogP contribution < -0.4 is 15.0 Å². The number of aryl methyl sites for hydroxylation is 1. The number of aromatic nitrogens is 3. The van der Waals surface area contributed by atoms with Crippen LogP contribution in [0.25, 0.3) is 22.2 Å². The van der Waals surface area contributed by atoms with Gasteiger partial charge in [0.1, 0.15) is 17.0 Å². The van der Waals surface area contributed by atoms with Crippen molar-refractivity contribution in [3.8, 4) is 17.0 Å². The first-order valence-electron chi connectivity index (χ1n) is 14.2. The average molecular weight is 586 g/mol. The molecule has 4 aromatic rings. The number of hydrogen-bond acceptors (Lipinski definition) is 10. The van der Waals surface area contributed by atoms with Gasteiger partial charge in [0.2, 0.25) is 5.95 Å². The number of carbonyl (C=O) groups excluding carboxylic acids is 1. The number of nitrogens with one attached hydrogen (secondary N) is 1. The third-order valence-corrected chi connectivity index (χ3v) is 8.40. The predicted octanol–water partition coefficient (Wildman–Crippen LogP) is 4.86. The van der Waals surface area contributed by atoms with E-state index in [-0.39, 0.29) is 34.3 Å². The molecule has 43 heavy (non-hydrogen) atoms. The lowest BCUT2D eigenvalue weighted by Crippen LogP contribution is -2.31. The van der Waals surface area contributed by atoms with Gasteiger partial charge in [-0.15, -0.1) is 0 Å². The highest BCUT2D eigenvalue weighted by Gasteiger charge is 2.57. The number of piperidine rings is 1. The molecule has 0 radical (unpaired) electrons. The molecule has 12 nitrogen and oxygen atoms in total. The fraction of sp³-hybridized carbons (Fsp3) is 0.387. The smallest absolute Gasteiger partial charge is 0.342 e. The van der Waals surface area contributed by atoms with Gasteiger partial charge >= 0.3 is 5.97 Å². The fourth-order valence-corrected chi connectivity index (χ4v) is 6.42. The summed E-state index contributed by atoms with van der Waals surface area (Å²) in [4.78, 5) is 38.4. The van der Waals surface area contributed by atoms with Gasteiger partial charge in [-0.2, -0.15) is 0 Å². The van der Waals surface area contributed by atoms with E-state index < -0.39 is 5.97 Å². The summed E-state index contributed by atoms with van der Waals surface area (Å²) in [6.45, 7) is 5.53. The molecule has 1 N–H and O–H groups in total. The molecule has 224 valence electrons. The maximum atomic E-state index is 13.1. The molecule has 0 spiro atoms. The Labute approximate surface area is 249 Å². The molecule has 0 unspecified atom stereocenters. The molecule has 2 aromatic carbocycles. The highest BCUT2D eigenvalue weighted by molar-refractivity contribution is 6.03. The van der Waals surface area contributed by atoms with Crippen molar-refractivity contribution in [1.29, 1.82) is 0 Å². The second kappa shape index (κ2) is 10.8. The monoisotopic (exact) mass is 585 g/mol. The maximum Gasteiger partial charge on any atom is 0.342 e. The number of esters is 1. The van der Waals surface area contributed by atoms with Crippen LogP contribution in [-0.2, 0) is 11.8 Å². The number of fused-ring (bicyclic) bond motifs is 2. The highest BCUT2D eigenvalue weighted by atomic mass is 16.6. The summed E-state index contributed by atoms with van der Waals surface area (Å²) in [6, 6.07) is 11.2. The van der Waals surface area contributed by atoms with Crippen molar-refractivity contribution in [2.75, 3.05) is 44.5 Å². The molecule has 1 aliphatic heterocycles. The van der Waals surface area contributed by atoms with Gasteiger partial charge in [0.05, 0.1) is 29.5 Å². The van der Waals surface area contributed by atoms with Crippen molar-refractivity contribution >= 4 is 39.9 Å². The molecule has 1 saturated heterocycles. The topological polar surface area (TPSA) is 128 Å². The molecular weight excluding hydrogens is 550 g/mol. The van der Waals surface area contributed by atoms with Gasteiger partial charge in [-0.1, -0.05) is 18.2 Å². The van der Waals surface area contributed by atoms with E-state index >= 15 is 0 Å². The molecule has 2 aromatic heterocycles. The highest BCUT2D eigenvalue weighted by Crippen LogP contribution is 2.51. The minimum atomic E-state index is -0.541. The molecule has 3 heterocycles. The van der Waals surface area contributed by atoms with Gasteiger partial charge < -0.3 is 29.2 Å². The minimum Gasteiger partial charge on any atom is -0.494 e. The number of nitro benzene ring substituents is 1. The van der Waals surface area contributed by atoms with Gasteiger partial charge in [0.15, 0.2) is 0 Å². The minimum absolute atomic E-state index is 0.0458. The van der Waals surface area contributed by atoms with E-state index in [0.29, 0.717) is 34.7 Å². The number of anilines is 3. The number of benzene rings is 2. The van der Waals surface area contributed by atoms with Crippen molar-refractivity contribution in [3.63, 3.8) is 0 Å². The Morgan fingerprint density at radius 3 is 2.58 bits per heavy atom. The maximum absolute atomic E-state index is 13.1. The van der Waals surface area contributed by atoms with E-state index in [4.69, 9.17) is 14.5 Å². The van der Waals surface area contributed by atoms with Crippen molar-refractivity contribution in [1.82, 2.24) is 19.4 Å². The summed E-state index contributed by atoms with van der Waals surface area (Å²) >= 11 is 0. The zero-order valence-corrected chi connectivity index (χ0v) is 25.1. The van der Waals surface area contributed by atoms with E-state index in [0.717, 1.165) is 29.6 Å². The van der Waals surface area contributed by atoms with Gasteiger partial charge in [0, 0.05) is 74.2 Å². The van der Waals surface area contributed by atoms with Crippen LogP contribution in [0.5, 0.6) is 5.75 Å². The van der Waals surface area contributed by atoms with Crippen LogP contribution in [0.4, 0.5) is 23.0 Å². The van der Waals surface area contributed by atoms with E-state index in [2.05, 4.69) is 22.2 Å². The summed E-state index contributed by atoms with van der Waals surface area (Å²) < 4.78 is 13.1. The van der Waals surface area contributed by atoms with Gasteiger partial charge in [-0.25, -0.2) is 14.8 Å². The molecule has 2 fully saturated rings. The number of ether oxygens (including phenoxy) is 2. The molecule has 1 aliphatic carbocycles. The summed E-state index contributed by atoms with van der Waals surface area (Å²) in [7, 11) is 7.45. The first-order chi connectivity index (χ1) is 20.6. The second-order valence-electron chi connectivity index (χ2n) is 11.7. The van der Waals surface area contributed by atoms with E-state index in [9.17, 15) is 14.9 Å². The number of methoxy groups -OCH3 is 1. The van der Waals surface area contributed by atoms with Crippen LogP contribution in [0.2, 0.25) is 0 Å². The quantitative estimate of drug-likeness (QED) is 0.165. The van der Waals surface area contributed by atoms with E-state index in [1.807, 2.05) is 54.0 Å². The summed E-state index contributed by atoms with van der Waals surface area (Å²) in [5.41, 5.74) is 3.09. The van der Waals surface area contributed by atoms with Crippen LogP contribution in [0.15, 0.2) is 48.8 Å². The van der Waals surface area contributed by atoms with E-state index in [1.165, 1.54) is 19.4 Å². The standard InChI is InChI=1S/C31H35N7O5/c1-17(2)43-30(39)19-13-32-31(34-28(19)20-16-36(4)24-10-8-7-9-18(20)24)33-23-11-26(38(40)41)25(12-27(23)42-6)37(5)29-21-14-35(3)15-22(21)29/h7-13,16-17,21-22,29H,14-15H2,1-6H3,(H,32,33,34)/t21-,22+,29+. The van der Waals surface area contributed by atoms with Crippen molar-refractivity contribution < 1.29 is 19.2 Å². The third kappa shape index (κ3) is 5.11. The number of para-hydroxylation sites is 1. The molecule has 12 heteroatoms. The van der Waals surface area contributed by atoms with Gasteiger partial charge in [-0.05, 0) is 38.8 Å². The number of nitro groups is 1. The first-order valence-corrected chi connectivity index (χ1v) is 14.2. The molecule has 3 atom stereocenters. The summed E-state index contributed by atoms with van der Waals surface area (Å²) in [5, 5.41) is 16.3. The number of likely N-dealkylation sites (tertiary alicyclic amines) is 1. The zero-order chi connectivity index (χ0) is 30.6. The van der Waals surface area contributed by atoms with E-state index in [1.54, 1.807) is 19.9 Å². The Balaban J connectivity index is 1.39. The third-order valence-electron chi connectivity index (χ3n) is 8.40. The lowest BCUT2D eigenvalue weighted by Gasteiger charge is -2.24. The largest absolute Gasteiger partial charge is 0.494 e. The molecular formula is C31H35N7O5. The SMILES string of the molecule is COc1cc(N(C)[C@H]2[C@@H]3CN(C)C[C@@H]32)c([N+](=O)[O-])cc1Nc1ncc(C(=O)OC(C)C)c(-c2cn(C)c3ccccc23)n1. The van der Waals surface area contributed by atoms with Gasteiger partial charge in [-0.3, -0.25) is 10.1 Å². The Bertz CT molecular complexity index is 1720. The van der Waals surface area contributed by atoms with Gasteiger partial charge in [0.25, 0.3) is 5.69 Å². The van der Waals surface area contributed by atoms with Crippen molar-refractivity contribution in [2.24, 2.45) is 18.9 Å². The lowest BCUT2D eigenvalue weighted by atomic mass is 10.1. The van der Waals surface area contributed by atoms with Crippen molar-refractivity contribution in [3.05, 3.63) is 64.5 Å². The molecule has 0 bridgehead atoms. The van der Waals surface area contributed by atoms with Crippen LogP contribution in [0, 0.1) is 22.0 Å². The van der Waals surface area contributed by atoms with Crippen LogP contribution in [0.3, 0.4) is 0 Å². The molecule has 6 rings (SSSR count). The number of hydrogen-bond donors (Lipinski definition) is 1. The average Bonchev–Trinajstić information content (AvgIpc) is 3.30. The number of nitrogens with zero attached hydrogens (tertiary/aromatic N) is 6. The Kier molecular flexibility index (Phi) is 7.17. The summed E-state index contributed by atoms with van der Waals surface area (Å²) in [5.74, 6) is 1.02. The molecule has 1 saturated carbocycles. The zero-order valence-electron chi connectivity index (χ0n) is 25.1. The predicted molar refractivity (Wildman–Crippen MR) is 164 cm³/mol. The number of rotatable bonds is 9. The number of carbonyl (C=O) groups is 1. The fourth-order valence-electron chi connectivity index (χ4n) is 6.42. The van der Waals surface area contributed by atoms with Crippen LogP contribution in [-0.4, -0.2) is 76.8 Å². The Morgan fingerprint density at radius 2 is 1.91 bits per heavy atom. The summed E-state index contributed by atoms with van der Waals surface area (Å²) in [6.07, 6.45) is 3.00. The van der Waals surface area contributed by atoms with Crippen molar-refractivity contribution in [2.45, 2.75) is 26.0 Å². The normalized spacial score (nSPS) is 19.4. The van der Waals surface area contributed by atoms with Crippen LogP contribution in [0.1, 0.15) is 24.2 Å². The molecule has 2 aliphatic rings. The lowest BCUT2D eigenvalue weighted by molar-refractivity contribution is -0.384. The Morgan fingerprint density at radius 1 is 1.19 bits per heavy atom. The Hall–Kier alpha value is -4.71. The second-order valence-corrected chi connectivity index (χ2v) is 11.7. The molecule has 0 amide bonds. The van der Waals surface area contributed by atoms with Crippen LogP contribution >= 0.6 is 0 Å². The first kappa shape index (κ1) is 28.4.